The number of hydrogen-bond donors (Lipinski definition) is 2. The smallest absolute Gasteiger partial charge is 0.238 e. The van der Waals surface area contributed by atoms with Crippen molar-refractivity contribution in [1.82, 2.24) is 4.90 Å². The van der Waals surface area contributed by atoms with Crippen LogP contribution in [-0.2, 0) is 4.79 Å². The minimum absolute atomic E-state index is 0.0279. The van der Waals surface area contributed by atoms with Crippen LogP contribution in [0.2, 0.25) is 0 Å². The zero-order valence-electron chi connectivity index (χ0n) is 10.1. The van der Waals surface area contributed by atoms with Crippen LogP contribution in [0.3, 0.4) is 0 Å². The fourth-order valence-corrected chi connectivity index (χ4v) is 1.41. The van der Waals surface area contributed by atoms with E-state index in [1.54, 1.807) is 0 Å². The van der Waals surface area contributed by atoms with Crippen LogP contribution in [0.1, 0.15) is 0 Å². The molecule has 0 aliphatic rings. The van der Waals surface area contributed by atoms with Crippen molar-refractivity contribution in [3.63, 3.8) is 0 Å². The van der Waals surface area contributed by atoms with E-state index in [1.165, 1.54) is 17.0 Å². The summed E-state index contributed by atoms with van der Waals surface area (Å²) < 4.78 is 12.8. The number of carbonyl (C=O) groups excluding carboxylic acids is 1. The number of nitriles is 2. The molecule has 0 unspecified atom stereocenters. The molecule has 0 aliphatic heterocycles. The van der Waals surface area contributed by atoms with Crippen molar-refractivity contribution in [2.75, 3.05) is 30.7 Å². The summed E-state index contributed by atoms with van der Waals surface area (Å²) in [6, 6.07) is 7.34. The van der Waals surface area contributed by atoms with Gasteiger partial charge in [-0.15, -0.1) is 0 Å². The second-order valence-corrected chi connectivity index (χ2v) is 3.74. The average molecular weight is 261 g/mol. The van der Waals surface area contributed by atoms with Gasteiger partial charge in [-0.2, -0.15) is 10.5 Å². The lowest BCUT2D eigenvalue weighted by atomic mass is 10.2. The molecule has 7 heteroatoms. The van der Waals surface area contributed by atoms with Crippen LogP contribution in [0.5, 0.6) is 0 Å². The topological polar surface area (TPSA) is 106 Å². The van der Waals surface area contributed by atoms with Gasteiger partial charge in [-0.25, -0.2) is 4.39 Å². The minimum Gasteiger partial charge on any atom is -0.397 e. The Labute approximate surface area is 109 Å². The fourth-order valence-electron chi connectivity index (χ4n) is 1.41. The van der Waals surface area contributed by atoms with Crippen molar-refractivity contribution in [3.8, 4) is 12.1 Å². The molecule has 0 fully saturated rings. The van der Waals surface area contributed by atoms with Crippen LogP contribution in [0, 0.1) is 28.5 Å². The first kappa shape index (κ1) is 14.4. The van der Waals surface area contributed by atoms with Crippen LogP contribution < -0.4 is 11.1 Å². The van der Waals surface area contributed by atoms with Gasteiger partial charge in [-0.05, 0) is 18.2 Å². The Balaban J connectivity index is 2.64. The van der Waals surface area contributed by atoms with E-state index in [2.05, 4.69) is 5.32 Å². The first-order valence-corrected chi connectivity index (χ1v) is 5.38. The van der Waals surface area contributed by atoms with Crippen LogP contribution in [0.25, 0.3) is 0 Å². The first-order chi connectivity index (χ1) is 9.06. The van der Waals surface area contributed by atoms with Gasteiger partial charge < -0.3 is 11.1 Å². The van der Waals surface area contributed by atoms with E-state index in [0.29, 0.717) is 5.69 Å². The fraction of sp³-hybridized carbons (Fsp3) is 0.250. The number of benzene rings is 1. The van der Waals surface area contributed by atoms with E-state index < -0.39 is 11.7 Å². The lowest BCUT2D eigenvalue weighted by Crippen LogP contribution is -2.34. The van der Waals surface area contributed by atoms with E-state index in [4.69, 9.17) is 16.3 Å². The maximum atomic E-state index is 12.8. The van der Waals surface area contributed by atoms with E-state index in [0.717, 1.165) is 6.07 Å². The van der Waals surface area contributed by atoms with Crippen LogP contribution >= 0.6 is 0 Å². The monoisotopic (exact) mass is 261 g/mol. The molecule has 0 aliphatic carbocycles. The number of halogens is 1. The Hall–Kier alpha value is -2.64. The predicted molar refractivity (Wildman–Crippen MR) is 67.1 cm³/mol. The number of nitrogens with zero attached hydrogens (tertiary/aromatic N) is 3. The second-order valence-electron chi connectivity index (χ2n) is 3.74. The summed E-state index contributed by atoms with van der Waals surface area (Å²) in [5.74, 6) is -0.921. The third kappa shape index (κ3) is 4.62. The maximum absolute atomic E-state index is 12.8. The predicted octanol–water partition coefficient (Wildman–Crippen LogP) is 0.696. The molecule has 19 heavy (non-hydrogen) atoms. The summed E-state index contributed by atoms with van der Waals surface area (Å²) >= 11 is 0. The van der Waals surface area contributed by atoms with Gasteiger partial charge in [-0.1, -0.05) is 0 Å². The van der Waals surface area contributed by atoms with Crippen molar-refractivity contribution in [2.24, 2.45) is 0 Å². The summed E-state index contributed by atoms with van der Waals surface area (Å²) in [4.78, 5) is 13.1. The van der Waals surface area contributed by atoms with Gasteiger partial charge in [0, 0.05) is 0 Å². The third-order valence-corrected chi connectivity index (χ3v) is 2.24. The molecule has 98 valence electrons. The molecule has 0 heterocycles. The number of amides is 1. The summed E-state index contributed by atoms with van der Waals surface area (Å²) in [5.41, 5.74) is 5.95. The first-order valence-electron chi connectivity index (χ1n) is 5.38. The number of nitrogens with two attached hydrogens (primary N) is 1. The largest absolute Gasteiger partial charge is 0.397 e. The molecule has 0 spiro atoms. The molecule has 1 aromatic rings. The number of rotatable bonds is 5. The van der Waals surface area contributed by atoms with Crippen molar-refractivity contribution in [1.29, 1.82) is 10.5 Å². The van der Waals surface area contributed by atoms with Crippen LogP contribution in [0.4, 0.5) is 15.8 Å². The van der Waals surface area contributed by atoms with Crippen molar-refractivity contribution in [3.05, 3.63) is 24.0 Å². The van der Waals surface area contributed by atoms with E-state index >= 15 is 0 Å². The number of carbonyl (C=O) groups is 1. The Morgan fingerprint density at radius 1 is 1.37 bits per heavy atom. The Morgan fingerprint density at radius 3 is 2.53 bits per heavy atom. The molecule has 0 atom stereocenters. The number of anilines is 2. The normalized spacial score (nSPS) is 9.68. The lowest BCUT2D eigenvalue weighted by Gasteiger charge is -2.15. The molecule has 0 bridgehead atoms. The second kappa shape index (κ2) is 6.94. The van der Waals surface area contributed by atoms with Gasteiger partial charge in [0.15, 0.2) is 0 Å². The molecular formula is C12H12FN5O. The van der Waals surface area contributed by atoms with Gasteiger partial charge >= 0.3 is 0 Å². The minimum atomic E-state index is -0.494. The molecule has 1 rings (SSSR count). The molecular weight excluding hydrogens is 249 g/mol. The molecule has 3 N–H and O–H groups in total. The molecule has 6 nitrogen and oxygen atoms in total. The van der Waals surface area contributed by atoms with Crippen molar-refractivity contribution in [2.45, 2.75) is 0 Å². The highest BCUT2D eigenvalue weighted by molar-refractivity contribution is 5.95. The molecule has 0 saturated carbocycles. The van der Waals surface area contributed by atoms with Gasteiger partial charge in [0.1, 0.15) is 5.82 Å². The molecule has 0 radical (unpaired) electrons. The maximum Gasteiger partial charge on any atom is 0.238 e. The quantitative estimate of drug-likeness (QED) is 0.599. The lowest BCUT2D eigenvalue weighted by molar-refractivity contribution is -0.117. The van der Waals surface area contributed by atoms with Crippen LogP contribution in [-0.4, -0.2) is 30.4 Å². The molecule has 1 aromatic carbocycles. The molecule has 0 saturated heterocycles. The Morgan fingerprint density at radius 2 is 2.00 bits per heavy atom. The van der Waals surface area contributed by atoms with Crippen LogP contribution in [0.15, 0.2) is 18.2 Å². The Kier molecular flexibility index (Phi) is 5.27. The van der Waals surface area contributed by atoms with Gasteiger partial charge in [-0.3, -0.25) is 9.69 Å². The summed E-state index contributed by atoms with van der Waals surface area (Å²) in [5, 5.41) is 19.6. The van der Waals surface area contributed by atoms with E-state index in [-0.39, 0.29) is 25.3 Å². The highest BCUT2D eigenvalue weighted by atomic mass is 19.1. The highest BCUT2D eigenvalue weighted by Gasteiger charge is 2.11. The Bertz CT molecular complexity index is 530. The van der Waals surface area contributed by atoms with Crippen molar-refractivity contribution >= 4 is 17.3 Å². The zero-order chi connectivity index (χ0) is 14.3. The SMILES string of the molecule is N#CCN(CC#N)CC(=O)Nc1ccc(F)cc1N. The van der Waals surface area contributed by atoms with E-state index in [9.17, 15) is 9.18 Å². The number of hydrogen-bond acceptors (Lipinski definition) is 5. The third-order valence-electron chi connectivity index (χ3n) is 2.24. The van der Waals surface area contributed by atoms with Gasteiger partial charge in [0.05, 0.1) is 43.1 Å². The summed E-state index contributed by atoms with van der Waals surface area (Å²) in [6.07, 6.45) is 0. The zero-order valence-corrected chi connectivity index (χ0v) is 10.1. The molecule has 0 aromatic heterocycles. The summed E-state index contributed by atoms with van der Waals surface area (Å²) in [7, 11) is 0. The standard InChI is InChI=1S/C12H12FN5O/c13-9-1-2-11(10(16)7-9)17-12(19)8-18(5-3-14)6-4-15/h1-2,7H,5-6,8,16H2,(H,17,19). The van der Waals surface area contributed by atoms with E-state index in [1.807, 2.05) is 12.1 Å². The number of nitrogens with one attached hydrogen (secondary N) is 1. The van der Waals surface area contributed by atoms with Gasteiger partial charge in [0.25, 0.3) is 0 Å². The average Bonchev–Trinajstić information content (AvgIpc) is 2.33. The summed E-state index contributed by atoms with van der Waals surface area (Å²) in [6.45, 7) is -0.169. The molecule has 1 amide bonds. The number of nitrogen functional groups attached to an aromatic ring is 1. The van der Waals surface area contributed by atoms with Gasteiger partial charge in [0.2, 0.25) is 5.91 Å². The highest BCUT2D eigenvalue weighted by Crippen LogP contribution is 2.18. The van der Waals surface area contributed by atoms with Crippen molar-refractivity contribution < 1.29 is 9.18 Å².